The van der Waals surface area contributed by atoms with Crippen LogP contribution in [-0.2, 0) is 27.2 Å². The molecule has 1 atom stereocenters. The number of anilines is 1. The SMILES string of the molecule is COCC(=O)NCC[C@@H](NC(=O)Oc1ccc(Cl)s1)C(=O)Nc1ccc2c(c1)CCN(C)CC2. The summed E-state index contributed by atoms with van der Waals surface area (Å²) in [4.78, 5) is 39.4. The predicted molar refractivity (Wildman–Crippen MR) is 132 cm³/mol. The number of halogens is 1. The first-order chi connectivity index (χ1) is 16.3. The number of fused-ring (bicyclic) bond motifs is 1. The first kappa shape index (κ1) is 26.0. The summed E-state index contributed by atoms with van der Waals surface area (Å²) in [5, 5.41) is 8.43. The lowest BCUT2D eigenvalue weighted by Gasteiger charge is -2.19. The van der Waals surface area contributed by atoms with Crippen LogP contribution in [0.2, 0.25) is 4.34 Å². The van der Waals surface area contributed by atoms with Gasteiger partial charge in [0.05, 0.1) is 4.34 Å². The lowest BCUT2D eigenvalue weighted by molar-refractivity contribution is -0.125. The molecule has 2 heterocycles. The maximum Gasteiger partial charge on any atom is 0.414 e. The molecular formula is C23H29ClN4O5S. The molecule has 1 aliphatic heterocycles. The maximum atomic E-state index is 13.0. The van der Waals surface area contributed by atoms with E-state index in [-0.39, 0.29) is 25.5 Å². The van der Waals surface area contributed by atoms with E-state index < -0.39 is 18.0 Å². The van der Waals surface area contributed by atoms with Crippen molar-refractivity contribution in [2.45, 2.75) is 25.3 Å². The minimum Gasteiger partial charge on any atom is -0.399 e. The van der Waals surface area contributed by atoms with Crippen molar-refractivity contribution in [2.24, 2.45) is 0 Å². The highest BCUT2D eigenvalue weighted by molar-refractivity contribution is 7.17. The van der Waals surface area contributed by atoms with E-state index in [1.54, 1.807) is 12.1 Å². The normalized spacial score (nSPS) is 14.4. The summed E-state index contributed by atoms with van der Waals surface area (Å²) in [5.74, 6) is -0.721. The van der Waals surface area contributed by atoms with Gasteiger partial charge in [-0.2, -0.15) is 0 Å². The smallest absolute Gasteiger partial charge is 0.399 e. The molecule has 3 N–H and O–H groups in total. The number of ether oxygens (including phenoxy) is 2. The van der Waals surface area contributed by atoms with Gasteiger partial charge < -0.3 is 30.3 Å². The molecule has 0 saturated carbocycles. The van der Waals surface area contributed by atoms with Crippen molar-refractivity contribution >= 4 is 46.5 Å². The van der Waals surface area contributed by atoms with Crippen LogP contribution in [0.15, 0.2) is 30.3 Å². The molecule has 2 aromatic rings. The Kier molecular flexibility index (Phi) is 9.70. The maximum absolute atomic E-state index is 13.0. The highest BCUT2D eigenvalue weighted by Crippen LogP contribution is 2.28. The van der Waals surface area contributed by atoms with Crippen molar-refractivity contribution in [3.05, 3.63) is 45.8 Å². The average Bonchev–Trinajstić information content (AvgIpc) is 3.10. The molecule has 0 aliphatic carbocycles. The van der Waals surface area contributed by atoms with Crippen LogP contribution in [0.5, 0.6) is 5.06 Å². The van der Waals surface area contributed by atoms with Crippen molar-refractivity contribution in [1.29, 1.82) is 0 Å². The molecule has 0 radical (unpaired) electrons. The number of methoxy groups -OCH3 is 1. The molecule has 0 fully saturated rings. The van der Waals surface area contributed by atoms with E-state index in [9.17, 15) is 14.4 Å². The van der Waals surface area contributed by atoms with Gasteiger partial charge in [0.15, 0.2) is 5.06 Å². The zero-order chi connectivity index (χ0) is 24.5. The largest absolute Gasteiger partial charge is 0.414 e. The number of hydrogen-bond donors (Lipinski definition) is 3. The van der Waals surface area contributed by atoms with E-state index >= 15 is 0 Å². The highest BCUT2D eigenvalue weighted by Gasteiger charge is 2.23. The monoisotopic (exact) mass is 508 g/mol. The number of nitrogens with zero attached hydrogens (tertiary/aromatic N) is 1. The molecule has 9 nitrogen and oxygen atoms in total. The van der Waals surface area contributed by atoms with Crippen LogP contribution < -0.4 is 20.7 Å². The quantitative estimate of drug-likeness (QED) is 0.480. The van der Waals surface area contributed by atoms with Crippen molar-refractivity contribution < 1.29 is 23.9 Å². The summed E-state index contributed by atoms with van der Waals surface area (Å²) >= 11 is 6.98. The Hall–Kier alpha value is -2.66. The van der Waals surface area contributed by atoms with Crippen LogP contribution in [0.3, 0.4) is 0 Å². The van der Waals surface area contributed by atoms with Crippen LogP contribution in [0.4, 0.5) is 10.5 Å². The number of hydrogen-bond acceptors (Lipinski definition) is 7. The van der Waals surface area contributed by atoms with Gasteiger partial charge in [-0.3, -0.25) is 9.59 Å². The second-order valence-corrected chi connectivity index (χ2v) is 9.67. The number of thiophene rings is 1. The van der Waals surface area contributed by atoms with Gasteiger partial charge in [0.1, 0.15) is 12.6 Å². The van der Waals surface area contributed by atoms with E-state index in [1.165, 1.54) is 18.2 Å². The van der Waals surface area contributed by atoms with Gasteiger partial charge in [-0.25, -0.2) is 4.79 Å². The molecule has 3 amide bonds. The number of carbonyl (C=O) groups excluding carboxylic acids is 3. The summed E-state index contributed by atoms with van der Waals surface area (Å²) in [6.45, 7) is 2.03. The van der Waals surface area contributed by atoms with Gasteiger partial charge in [-0.1, -0.05) is 29.0 Å². The molecule has 1 aromatic heterocycles. The minimum atomic E-state index is -0.935. The Morgan fingerprint density at radius 1 is 1.15 bits per heavy atom. The fourth-order valence-electron chi connectivity index (χ4n) is 3.57. The Morgan fingerprint density at radius 2 is 1.91 bits per heavy atom. The molecule has 0 bridgehead atoms. The van der Waals surface area contributed by atoms with Crippen molar-refractivity contribution in [2.75, 3.05) is 45.7 Å². The number of carbonyl (C=O) groups is 3. The third-order valence-electron chi connectivity index (χ3n) is 5.38. The number of likely N-dealkylation sites (N-methyl/N-ethyl adjacent to an activating group) is 1. The van der Waals surface area contributed by atoms with Crippen LogP contribution in [-0.4, -0.2) is 69.2 Å². The number of amides is 3. The Bertz CT molecular complexity index is 1010. The van der Waals surface area contributed by atoms with Crippen LogP contribution in [0, 0.1) is 0 Å². The molecular weight excluding hydrogens is 480 g/mol. The highest BCUT2D eigenvalue weighted by atomic mass is 35.5. The van der Waals surface area contributed by atoms with Gasteiger partial charge in [0.2, 0.25) is 11.8 Å². The summed E-state index contributed by atoms with van der Waals surface area (Å²) in [5.41, 5.74) is 3.13. The van der Waals surface area contributed by atoms with Gasteiger partial charge in [0, 0.05) is 32.4 Å². The third kappa shape index (κ3) is 7.98. The zero-order valence-corrected chi connectivity index (χ0v) is 20.8. The molecule has 0 saturated heterocycles. The van der Waals surface area contributed by atoms with E-state index in [1.807, 2.05) is 18.2 Å². The molecule has 184 valence electrons. The standard InChI is InChI=1S/C23H29ClN4O5S/c1-28-11-8-15-3-4-17(13-16(15)9-12-28)26-22(30)18(7-10-25-20(29)14-32-2)27-23(31)33-21-6-5-19(24)34-21/h3-6,13,18H,7-12,14H2,1-2H3,(H,25,29)(H,26,30)(H,27,31)/t18-/m1/s1. The predicted octanol–water partition coefficient (Wildman–Crippen LogP) is 2.68. The Morgan fingerprint density at radius 3 is 2.62 bits per heavy atom. The van der Waals surface area contributed by atoms with Crippen molar-refractivity contribution in [1.82, 2.24) is 15.5 Å². The van der Waals surface area contributed by atoms with Crippen molar-refractivity contribution in [3.63, 3.8) is 0 Å². The molecule has 34 heavy (non-hydrogen) atoms. The topological polar surface area (TPSA) is 109 Å². The van der Waals surface area contributed by atoms with Gasteiger partial charge >= 0.3 is 6.09 Å². The molecule has 1 aromatic carbocycles. The summed E-state index contributed by atoms with van der Waals surface area (Å²) in [7, 11) is 3.52. The van der Waals surface area contributed by atoms with E-state index in [0.29, 0.717) is 15.1 Å². The molecule has 11 heteroatoms. The first-order valence-electron chi connectivity index (χ1n) is 10.9. The van der Waals surface area contributed by atoms with Crippen LogP contribution in [0.1, 0.15) is 17.5 Å². The second kappa shape index (κ2) is 12.7. The fourth-order valence-corrected chi connectivity index (χ4v) is 4.44. The molecule has 1 aliphatic rings. The summed E-state index contributed by atoms with van der Waals surface area (Å²) < 4.78 is 10.5. The number of nitrogens with one attached hydrogen (secondary N) is 3. The Labute approximate surface area is 207 Å². The second-order valence-electron chi connectivity index (χ2n) is 7.99. The lowest BCUT2D eigenvalue weighted by atomic mass is 10.0. The first-order valence-corrected chi connectivity index (χ1v) is 12.1. The number of rotatable bonds is 9. The van der Waals surface area contributed by atoms with Crippen LogP contribution >= 0.6 is 22.9 Å². The molecule has 0 unspecified atom stereocenters. The lowest BCUT2D eigenvalue weighted by Crippen LogP contribution is -2.46. The third-order valence-corrected chi connectivity index (χ3v) is 6.49. The van der Waals surface area contributed by atoms with E-state index in [2.05, 4.69) is 27.9 Å². The zero-order valence-electron chi connectivity index (χ0n) is 19.2. The molecule has 3 rings (SSSR count). The Balaban J connectivity index is 1.65. The van der Waals surface area contributed by atoms with Crippen LogP contribution in [0.25, 0.3) is 0 Å². The fraction of sp³-hybridized carbons (Fsp3) is 0.435. The molecule has 0 spiro atoms. The minimum absolute atomic E-state index is 0.0875. The summed E-state index contributed by atoms with van der Waals surface area (Å²) in [6.07, 6.45) is 1.24. The average molecular weight is 509 g/mol. The van der Waals surface area contributed by atoms with Crippen molar-refractivity contribution in [3.8, 4) is 5.06 Å². The van der Waals surface area contributed by atoms with E-state index in [0.717, 1.165) is 37.3 Å². The van der Waals surface area contributed by atoms with Gasteiger partial charge in [-0.05, 0) is 61.7 Å². The van der Waals surface area contributed by atoms with E-state index in [4.69, 9.17) is 21.1 Å². The van der Waals surface area contributed by atoms with Gasteiger partial charge in [0.25, 0.3) is 0 Å². The van der Waals surface area contributed by atoms with Gasteiger partial charge in [-0.15, -0.1) is 0 Å². The summed E-state index contributed by atoms with van der Waals surface area (Å²) in [6, 6.07) is 8.13. The number of benzene rings is 1.